The van der Waals surface area contributed by atoms with E-state index in [1.807, 2.05) is 26.2 Å². The van der Waals surface area contributed by atoms with Crippen LogP contribution in [0.1, 0.15) is 44.0 Å². The van der Waals surface area contributed by atoms with Crippen LogP contribution in [0.2, 0.25) is 0 Å². The number of carbonyl (C=O) groups excluding carboxylic acids is 1. The average molecular weight is 318 g/mol. The van der Waals surface area contributed by atoms with Crippen LogP contribution in [0.25, 0.3) is 0 Å². The van der Waals surface area contributed by atoms with Crippen molar-refractivity contribution in [1.29, 1.82) is 0 Å². The molecule has 0 bridgehead atoms. The van der Waals surface area contributed by atoms with Crippen molar-refractivity contribution < 1.29 is 9.53 Å². The third kappa shape index (κ3) is 4.06. The van der Waals surface area contributed by atoms with Crippen LogP contribution in [0.15, 0.2) is 12.4 Å². The standard InChI is InChI=1S/C17H26N4O2/c1-17(2,21-7-9-23-10-8-21)16(22)18-6-5-13-11-19-15(20-12-13)14-3-4-14/h11-12,14H,3-10H2,1-2H3,(H,18,22). The molecule has 3 rings (SSSR count). The van der Waals surface area contributed by atoms with Crippen LogP contribution in [-0.4, -0.2) is 59.2 Å². The zero-order valence-corrected chi connectivity index (χ0v) is 14.0. The molecule has 0 unspecified atom stereocenters. The summed E-state index contributed by atoms with van der Waals surface area (Å²) in [5.41, 5.74) is 0.565. The summed E-state index contributed by atoms with van der Waals surface area (Å²) in [6.45, 7) is 7.55. The second-order valence-electron chi connectivity index (χ2n) is 6.89. The Hall–Kier alpha value is -1.53. The largest absolute Gasteiger partial charge is 0.379 e. The molecular formula is C17H26N4O2. The number of hydrogen-bond donors (Lipinski definition) is 1. The van der Waals surface area contributed by atoms with Gasteiger partial charge in [0.1, 0.15) is 5.82 Å². The SMILES string of the molecule is CC(C)(C(=O)NCCc1cnc(C2CC2)nc1)N1CCOCC1. The van der Waals surface area contributed by atoms with Crippen LogP contribution in [0.4, 0.5) is 0 Å². The fourth-order valence-electron chi connectivity index (χ4n) is 2.85. The zero-order chi connectivity index (χ0) is 16.3. The highest BCUT2D eigenvalue weighted by atomic mass is 16.5. The van der Waals surface area contributed by atoms with Gasteiger partial charge in [0.2, 0.25) is 5.91 Å². The lowest BCUT2D eigenvalue weighted by atomic mass is 10.0. The normalized spacial score (nSPS) is 19.6. The Bertz CT molecular complexity index is 534. The summed E-state index contributed by atoms with van der Waals surface area (Å²) in [7, 11) is 0. The number of aromatic nitrogens is 2. The van der Waals surface area contributed by atoms with E-state index in [-0.39, 0.29) is 5.91 Å². The Balaban J connectivity index is 1.46. The predicted octanol–water partition coefficient (Wildman–Crippen LogP) is 1.12. The van der Waals surface area contributed by atoms with Crippen molar-refractivity contribution in [3.8, 4) is 0 Å². The molecule has 0 atom stereocenters. The zero-order valence-electron chi connectivity index (χ0n) is 14.0. The molecule has 1 aromatic heterocycles. The van der Waals surface area contributed by atoms with Gasteiger partial charge in [-0.15, -0.1) is 0 Å². The van der Waals surface area contributed by atoms with Crippen molar-refractivity contribution in [2.75, 3.05) is 32.8 Å². The molecule has 6 nitrogen and oxygen atoms in total. The molecule has 0 radical (unpaired) electrons. The Labute approximate surface area is 137 Å². The van der Waals surface area contributed by atoms with Gasteiger partial charge in [0.15, 0.2) is 0 Å². The predicted molar refractivity (Wildman–Crippen MR) is 87.2 cm³/mol. The van der Waals surface area contributed by atoms with E-state index in [9.17, 15) is 4.79 Å². The Morgan fingerprint density at radius 3 is 2.57 bits per heavy atom. The van der Waals surface area contributed by atoms with Crippen LogP contribution < -0.4 is 5.32 Å². The number of ether oxygens (including phenoxy) is 1. The van der Waals surface area contributed by atoms with E-state index in [2.05, 4.69) is 20.2 Å². The minimum absolute atomic E-state index is 0.0647. The van der Waals surface area contributed by atoms with Crippen molar-refractivity contribution in [2.45, 2.75) is 44.6 Å². The van der Waals surface area contributed by atoms with E-state index in [4.69, 9.17) is 4.74 Å². The molecule has 2 aliphatic rings. The van der Waals surface area contributed by atoms with Gasteiger partial charge in [-0.05, 0) is 38.7 Å². The maximum atomic E-state index is 12.5. The van der Waals surface area contributed by atoms with Gasteiger partial charge in [-0.1, -0.05) is 0 Å². The molecule has 1 saturated heterocycles. The number of hydrogen-bond acceptors (Lipinski definition) is 5. The maximum absolute atomic E-state index is 12.5. The quantitative estimate of drug-likeness (QED) is 0.851. The molecule has 2 fully saturated rings. The van der Waals surface area contributed by atoms with E-state index < -0.39 is 5.54 Å². The van der Waals surface area contributed by atoms with Gasteiger partial charge >= 0.3 is 0 Å². The van der Waals surface area contributed by atoms with Crippen molar-refractivity contribution in [3.05, 3.63) is 23.8 Å². The lowest BCUT2D eigenvalue weighted by Crippen LogP contribution is -2.58. The molecule has 126 valence electrons. The second kappa shape index (κ2) is 6.93. The van der Waals surface area contributed by atoms with E-state index in [0.29, 0.717) is 25.7 Å². The first-order valence-electron chi connectivity index (χ1n) is 8.49. The molecule has 0 aromatic carbocycles. The van der Waals surface area contributed by atoms with Crippen LogP contribution >= 0.6 is 0 Å². The lowest BCUT2D eigenvalue weighted by molar-refractivity contribution is -0.134. The molecule has 1 aromatic rings. The van der Waals surface area contributed by atoms with Gasteiger partial charge in [0, 0.05) is 37.9 Å². The maximum Gasteiger partial charge on any atom is 0.239 e. The first-order chi connectivity index (χ1) is 11.1. The van der Waals surface area contributed by atoms with Gasteiger partial charge in [-0.2, -0.15) is 0 Å². The van der Waals surface area contributed by atoms with Gasteiger partial charge in [0.05, 0.1) is 18.8 Å². The van der Waals surface area contributed by atoms with Gasteiger partial charge in [-0.3, -0.25) is 9.69 Å². The third-order valence-electron chi connectivity index (χ3n) is 4.72. The molecule has 1 aliphatic carbocycles. The van der Waals surface area contributed by atoms with Gasteiger partial charge in [-0.25, -0.2) is 9.97 Å². The summed E-state index contributed by atoms with van der Waals surface area (Å²) in [6, 6.07) is 0. The fourth-order valence-corrected chi connectivity index (χ4v) is 2.85. The molecule has 0 spiro atoms. The fraction of sp³-hybridized carbons (Fsp3) is 0.706. The van der Waals surface area contributed by atoms with Crippen LogP contribution in [0.5, 0.6) is 0 Å². The molecule has 2 heterocycles. The van der Waals surface area contributed by atoms with Crippen molar-refractivity contribution in [1.82, 2.24) is 20.2 Å². The summed E-state index contributed by atoms with van der Waals surface area (Å²) in [6.07, 6.45) is 6.97. The Morgan fingerprint density at radius 1 is 1.30 bits per heavy atom. The van der Waals surface area contributed by atoms with Gasteiger partial charge < -0.3 is 10.1 Å². The second-order valence-corrected chi connectivity index (χ2v) is 6.89. The number of carbonyl (C=O) groups is 1. The number of nitrogens with zero attached hydrogens (tertiary/aromatic N) is 3. The van der Waals surface area contributed by atoms with Crippen LogP contribution in [0.3, 0.4) is 0 Å². The molecule has 6 heteroatoms. The highest BCUT2D eigenvalue weighted by molar-refractivity contribution is 5.85. The molecule has 1 N–H and O–H groups in total. The Kier molecular flexibility index (Phi) is 4.92. The molecule has 1 amide bonds. The monoisotopic (exact) mass is 318 g/mol. The van der Waals surface area contributed by atoms with E-state index >= 15 is 0 Å². The van der Waals surface area contributed by atoms with Crippen LogP contribution in [0, 0.1) is 0 Å². The first-order valence-corrected chi connectivity index (χ1v) is 8.49. The van der Waals surface area contributed by atoms with E-state index in [0.717, 1.165) is 30.9 Å². The summed E-state index contributed by atoms with van der Waals surface area (Å²) >= 11 is 0. The van der Waals surface area contributed by atoms with Crippen molar-refractivity contribution in [3.63, 3.8) is 0 Å². The lowest BCUT2D eigenvalue weighted by Gasteiger charge is -2.39. The van der Waals surface area contributed by atoms with Gasteiger partial charge in [0.25, 0.3) is 0 Å². The molecular weight excluding hydrogens is 292 g/mol. The summed E-state index contributed by atoms with van der Waals surface area (Å²) in [4.78, 5) is 23.5. The third-order valence-corrected chi connectivity index (χ3v) is 4.72. The summed E-state index contributed by atoms with van der Waals surface area (Å²) in [5.74, 6) is 1.61. The minimum Gasteiger partial charge on any atom is -0.379 e. The molecule has 23 heavy (non-hydrogen) atoms. The summed E-state index contributed by atoms with van der Waals surface area (Å²) < 4.78 is 5.36. The smallest absolute Gasteiger partial charge is 0.239 e. The van der Waals surface area contributed by atoms with Crippen molar-refractivity contribution in [2.24, 2.45) is 0 Å². The average Bonchev–Trinajstić information content (AvgIpc) is 3.41. The topological polar surface area (TPSA) is 67.4 Å². The van der Waals surface area contributed by atoms with Crippen molar-refractivity contribution >= 4 is 5.91 Å². The molecule has 1 aliphatic heterocycles. The van der Waals surface area contributed by atoms with E-state index in [1.165, 1.54) is 12.8 Å². The Morgan fingerprint density at radius 2 is 1.96 bits per heavy atom. The highest BCUT2D eigenvalue weighted by Crippen LogP contribution is 2.37. The first kappa shape index (κ1) is 16.3. The summed E-state index contributed by atoms with van der Waals surface area (Å²) in [5, 5.41) is 3.04. The number of rotatable bonds is 6. The number of morpholine rings is 1. The van der Waals surface area contributed by atoms with E-state index in [1.54, 1.807) is 0 Å². The number of amides is 1. The minimum atomic E-state index is -0.504. The van der Waals surface area contributed by atoms with Crippen LogP contribution in [-0.2, 0) is 16.0 Å². The highest BCUT2D eigenvalue weighted by Gasteiger charge is 2.35. The number of nitrogens with one attached hydrogen (secondary N) is 1. The molecule has 1 saturated carbocycles.